The Balaban J connectivity index is 1.75. The molecule has 0 spiro atoms. The first-order valence-corrected chi connectivity index (χ1v) is 11.3. The number of allylic oxidation sites excluding steroid dienone is 1. The van der Waals surface area contributed by atoms with Crippen molar-refractivity contribution in [1.29, 1.82) is 0 Å². The lowest BCUT2D eigenvalue weighted by Crippen LogP contribution is -2.48. The number of halogens is 6. The van der Waals surface area contributed by atoms with Crippen LogP contribution in [0.4, 0.5) is 26.3 Å². The molecule has 1 aromatic carbocycles. The fraction of sp³-hybridized carbons (Fsp3) is 0.520. The van der Waals surface area contributed by atoms with E-state index < -0.39 is 35.2 Å². The maximum atomic E-state index is 13.4. The summed E-state index contributed by atoms with van der Waals surface area (Å²) in [5.74, 6) is 0. The van der Waals surface area contributed by atoms with Crippen molar-refractivity contribution in [2.24, 2.45) is 0 Å². The molecule has 0 aromatic heterocycles. The van der Waals surface area contributed by atoms with Gasteiger partial charge in [-0.2, -0.15) is 26.3 Å². The summed E-state index contributed by atoms with van der Waals surface area (Å²) >= 11 is 0. The zero-order valence-corrected chi connectivity index (χ0v) is 19.0. The van der Waals surface area contributed by atoms with Crippen molar-refractivity contribution in [3.8, 4) is 0 Å². The minimum Gasteiger partial charge on any atom is -0.497 e. The summed E-state index contributed by atoms with van der Waals surface area (Å²) in [6.07, 6.45) is -0.368. The van der Waals surface area contributed by atoms with Gasteiger partial charge in [-0.3, -0.25) is 4.90 Å². The summed E-state index contributed by atoms with van der Waals surface area (Å²) in [6.45, 7) is 2.69. The molecule has 0 bridgehead atoms. The van der Waals surface area contributed by atoms with Gasteiger partial charge in [0, 0.05) is 18.2 Å². The van der Waals surface area contributed by atoms with Crippen molar-refractivity contribution in [2.45, 2.75) is 62.7 Å². The van der Waals surface area contributed by atoms with Crippen LogP contribution in [-0.2, 0) is 21.8 Å². The minimum absolute atomic E-state index is 0.138. The zero-order chi connectivity index (χ0) is 24.7. The van der Waals surface area contributed by atoms with E-state index in [-0.39, 0.29) is 24.3 Å². The first-order chi connectivity index (χ1) is 15.9. The van der Waals surface area contributed by atoms with Crippen molar-refractivity contribution in [3.63, 3.8) is 0 Å². The molecule has 0 N–H and O–H groups in total. The Kier molecular flexibility index (Phi) is 6.63. The Labute approximate surface area is 194 Å². The highest BCUT2D eigenvalue weighted by molar-refractivity contribution is 5.43. The Morgan fingerprint density at radius 2 is 1.76 bits per heavy atom. The molecule has 2 aliphatic heterocycles. The number of nitrogens with zero attached hydrogens (tertiary/aromatic N) is 1. The van der Waals surface area contributed by atoms with Crippen LogP contribution in [0.1, 0.15) is 55.4 Å². The number of hydrogen-bond acceptors (Lipinski definition) is 3. The van der Waals surface area contributed by atoms with Gasteiger partial charge in [0.05, 0.1) is 23.5 Å². The molecule has 1 fully saturated rings. The highest BCUT2D eigenvalue weighted by atomic mass is 19.4. The Morgan fingerprint density at radius 3 is 2.26 bits per heavy atom. The van der Waals surface area contributed by atoms with Gasteiger partial charge in [-0.05, 0) is 75.1 Å². The van der Waals surface area contributed by atoms with Crippen LogP contribution in [0.2, 0.25) is 0 Å². The smallest absolute Gasteiger partial charge is 0.416 e. The quantitative estimate of drug-likeness (QED) is 0.336. The largest absolute Gasteiger partial charge is 0.497 e. The molecular weight excluding hydrogens is 460 g/mol. The van der Waals surface area contributed by atoms with Crippen LogP contribution in [0.3, 0.4) is 0 Å². The number of alkyl halides is 6. The molecule has 186 valence electrons. The van der Waals surface area contributed by atoms with Crippen molar-refractivity contribution in [2.75, 3.05) is 20.2 Å². The lowest BCUT2D eigenvalue weighted by Gasteiger charge is -2.45. The van der Waals surface area contributed by atoms with Gasteiger partial charge < -0.3 is 9.47 Å². The van der Waals surface area contributed by atoms with Crippen molar-refractivity contribution >= 4 is 0 Å². The second kappa shape index (κ2) is 9.07. The molecule has 0 amide bonds. The number of benzene rings is 1. The first kappa shape index (κ1) is 24.9. The van der Waals surface area contributed by atoms with Gasteiger partial charge in [0.25, 0.3) is 0 Å². The average Bonchev–Trinajstić information content (AvgIpc) is 2.77. The van der Waals surface area contributed by atoms with Crippen LogP contribution >= 0.6 is 0 Å². The second-order valence-electron chi connectivity index (χ2n) is 9.12. The van der Waals surface area contributed by atoms with E-state index in [4.69, 9.17) is 9.47 Å². The monoisotopic (exact) mass is 487 g/mol. The number of hydrogen-bond donors (Lipinski definition) is 0. The first-order valence-electron chi connectivity index (χ1n) is 11.3. The summed E-state index contributed by atoms with van der Waals surface area (Å²) < 4.78 is 92.3. The fourth-order valence-electron chi connectivity index (χ4n) is 4.88. The van der Waals surface area contributed by atoms with Gasteiger partial charge in [0.15, 0.2) is 0 Å². The summed E-state index contributed by atoms with van der Waals surface area (Å²) in [6, 6.07) is 1.80. The Hall–Kier alpha value is -2.26. The maximum Gasteiger partial charge on any atom is 0.416 e. The molecule has 1 aromatic rings. The Bertz CT molecular complexity index is 977. The van der Waals surface area contributed by atoms with E-state index in [1.165, 1.54) is 6.92 Å². The molecule has 3 aliphatic rings. The van der Waals surface area contributed by atoms with Crippen molar-refractivity contribution < 1.29 is 35.8 Å². The predicted octanol–water partition coefficient (Wildman–Crippen LogP) is 6.83. The SMILES string of the molecule is C[C@@H](OC1(C2=C([C@H]3CCN3C)C=COC2)C=CCCC1)c1cc(C(F)(F)F)cc(C(F)(F)F)c1. The van der Waals surface area contributed by atoms with Gasteiger partial charge in [-0.15, -0.1) is 0 Å². The molecular formula is C25H27F6NO2. The fourth-order valence-corrected chi connectivity index (χ4v) is 4.88. The summed E-state index contributed by atoms with van der Waals surface area (Å²) in [7, 11) is 2.01. The molecule has 2 heterocycles. The normalized spacial score (nSPS) is 26.9. The minimum atomic E-state index is -4.91. The molecule has 4 rings (SSSR count). The van der Waals surface area contributed by atoms with Gasteiger partial charge in [-0.25, -0.2) is 0 Å². The van der Waals surface area contributed by atoms with Crippen molar-refractivity contribution in [3.05, 3.63) is 70.5 Å². The standard InChI is InChI=1S/C25H27F6NO2/c1-16(17-12-18(24(26,27)28)14-19(13-17)25(29,30)31)34-23(8-4-3-5-9-23)21-15-33-11-7-20(21)22-6-10-32(22)2/h4,7-8,11-14,16,22H,3,5-6,9-10,15H2,1-2H3/t16-,22-,23?/m1/s1. The summed E-state index contributed by atoms with van der Waals surface area (Å²) in [4.78, 5) is 2.19. The van der Waals surface area contributed by atoms with Crippen LogP contribution in [0, 0.1) is 0 Å². The van der Waals surface area contributed by atoms with Gasteiger partial charge in [-0.1, -0.05) is 12.2 Å². The lowest BCUT2D eigenvalue weighted by molar-refractivity contribution is -0.143. The van der Waals surface area contributed by atoms with Crippen LogP contribution in [0.25, 0.3) is 0 Å². The number of rotatable bonds is 5. The van der Waals surface area contributed by atoms with Crippen LogP contribution < -0.4 is 0 Å². The molecule has 3 atom stereocenters. The molecule has 0 saturated carbocycles. The average molecular weight is 487 g/mol. The molecule has 1 unspecified atom stereocenters. The van der Waals surface area contributed by atoms with Crippen LogP contribution in [0.15, 0.2) is 53.8 Å². The molecule has 1 aliphatic carbocycles. The van der Waals surface area contributed by atoms with E-state index in [1.807, 2.05) is 25.3 Å². The maximum absolute atomic E-state index is 13.4. The highest BCUT2D eigenvalue weighted by Gasteiger charge is 2.42. The predicted molar refractivity (Wildman–Crippen MR) is 115 cm³/mol. The van der Waals surface area contributed by atoms with E-state index in [0.29, 0.717) is 6.42 Å². The molecule has 1 saturated heterocycles. The number of ether oxygens (including phenoxy) is 2. The topological polar surface area (TPSA) is 21.7 Å². The van der Waals surface area contributed by atoms with E-state index in [9.17, 15) is 26.3 Å². The lowest BCUT2D eigenvalue weighted by atomic mass is 9.78. The second-order valence-corrected chi connectivity index (χ2v) is 9.12. The third kappa shape index (κ3) is 4.91. The van der Waals surface area contributed by atoms with Crippen LogP contribution in [0.5, 0.6) is 0 Å². The van der Waals surface area contributed by atoms with E-state index in [0.717, 1.165) is 49.1 Å². The number of likely N-dealkylation sites (N-methyl/N-ethyl adjacent to an activating group) is 1. The van der Waals surface area contributed by atoms with E-state index >= 15 is 0 Å². The Morgan fingerprint density at radius 1 is 1.09 bits per heavy atom. The molecule has 9 heteroatoms. The van der Waals surface area contributed by atoms with Gasteiger partial charge >= 0.3 is 12.4 Å². The summed E-state index contributed by atoms with van der Waals surface area (Å²) in [5.41, 5.74) is -1.92. The zero-order valence-electron chi connectivity index (χ0n) is 19.0. The van der Waals surface area contributed by atoms with Gasteiger partial charge in [0.2, 0.25) is 0 Å². The summed E-state index contributed by atoms with van der Waals surface area (Å²) in [5, 5.41) is 0. The van der Waals surface area contributed by atoms with Gasteiger partial charge in [0.1, 0.15) is 12.2 Å². The third-order valence-corrected chi connectivity index (χ3v) is 6.85. The third-order valence-electron chi connectivity index (χ3n) is 6.85. The number of likely N-dealkylation sites (tertiary alicyclic amines) is 1. The van der Waals surface area contributed by atoms with E-state index in [1.54, 1.807) is 6.26 Å². The molecule has 34 heavy (non-hydrogen) atoms. The van der Waals surface area contributed by atoms with Crippen molar-refractivity contribution in [1.82, 2.24) is 4.90 Å². The highest BCUT2D eigenvalue weighted by Crippen LogP contribution is 2.44. The molecule has 0 radical (unpaired) electrons. The van der Waals surface area contributed by atoms with E-state index in [2.05, 4.69) is 4.90 Å². The molecule has 3 nitrogen and oxygen atoms in total. The van der Waals surface area contributed by atoms with Crippen LogP contribution in [-0.4, -0.2) is 36.7 Å².